The number of nitrogens with zero attached hydrogens (tertiary/aromatic N) is 1. The Kier molecular flexibility index (Phi) is 2.91. The quantitative estimate of drug-likeness (QED) is 0.912. The highest BCUT2D eigenvalue weighted by molar-refractivity contribution is 7.22. The van der Waals surface area contributed by atoms with Crippen molar-refractivity contribution in [1.82, 2.24) is 4.98 Å². The van der Waals surface area contributed by atoms with Gasteiger partial charge in [0.25, 0.3) is 0 Å². The normalized spacial score (nSPS) is 21.3. The van der Waals surface area contributed by atoms with E-state index in [2.05, 4.69) is 10.3 Å². The van der Waals surface area contributed by atoms with Crippen LogP contribution in [-0.4, -0.2) is 22.0 Å². The van der Waals surface area contributed by atoms with Crippen molar-refractivity contribution in [3.8, 4) is 0 Å². The first-order chi connectivity index (χ1) is 9.04. The van der Waals surface area contributed by atoms with Crippen LogP contribution in [0.15, 0.2) is 18.2 Å². The number of amides is 1. The number of carbonyl (C=O) groups is 2. The molecule has 2 unspecified atom stereocenters. The summed E-state index contributed by atoms with van der Waals surface area (Å²) >= 11 is 7.19. The summed E-state index contributed by atoms with van der Waals surface area (Å²) in [5.74, 6) is -2.19. The lowest BCUT2D eigenvalue weighted by atomic mass is 10.3. The number of thiazole rings is 1. The molecule has 1 aromatic heterocycles. The molecule has 3 rings (SSSR count). The molecular formula is C12H9ClN2O3S. The van der Waals surface area contributed by atoms with Gasteiger partial charge in [-0.05, 0) is 24.6 Å². The number of halogens is 1. The average molecular weight is 297 g/mol. The summed E-state index contributed by atoms with van der Waals surface area (Å²) in [6, 6.07) is 5.29. The van der Waals surface area contributed by atoms with Crippen LogP contribution in [0.5, 0.6) is 0 Å². The van der Waals surface area contributed by atoms with Crippen LogP contribution in [0.25, 0.3) is 10.2 Å². The number of hydrogen-bond acceptors (Lipinski definition) is 4. The number of carbonyl (C=O) groups excluding carboxylic acids is 1. The molecule has 2 atom stereocenters. The average Bonchev–Trinajstić information content (AvgIpc) is 3.05. The topological polar surface area (TPSA) is 79.3 Å². The first-order valence-corrected chi connectivity index (χ1v) is 6.84. The lowest BCUT2D eigenvalue weighted by Gasteiger charge is -1.98. The molecule has 19 heavy (non-hydrogen) atoms. The van der Waals surface area contributed by atoms with Crippen LogP contribution in [0.3, 0.4) is 0 Å². The fourth-order valence-electron chi connectivity index (χ4n) is 1.91. The molecule has 2 aromatic rings. The molecule has 1 aromatic carbocycles. The Morgan fingerprint density at radius 3 is 2.89 bits per heavy atom. The third-order valence-electron chi connectivity index (χ3n) is 3.03. The van der Waals surface area contributed by atoms with Crippen LogP contribution < -0.4 is 5.32 Å². The van der Waals surface area contributed by atoms with Crippen LogP contribution in [0.1, 0.15) is 6.42 Å². The lowest BCUT2D eigenvalue weighted by Crippen LogP contribution is -2.16. The van der Waals surface area contributed by atoms with Gasteiger partial charge in [0.2, 0.25) is 5.91 Å². The van der Waals surface area contributed by atoms with Gasteiger partial charge >= 0.3 is 5.97 Å². The first-order valence-electron chi connectivity index (χ1n) is 5.64. The Balaban J connectivity index is 1.75. The van der Waals surface area contributed by atoms with E-state index in [-0.39, 0.29) is 5.91 Å². The Labute approximate surface area is 117 Å². The van der Waals surface area contributed by atoms with E-state index in [1.54, 1.807) is 18.2 Å². The Morgan fingerprint density at radius 1 is 1.42 bits per heavy atom. The number of fused-ring (bicyclic) bond motifs is 1. The minimum atomic E-state index is -0.920. The first kappa shape index (κ1) is 12.4. The molecule has 0 bridgehead atoms. The van der Waals surface area contributed by atoms with Gasteiger partial charge in [-0.15, -0.1) is 0 Å². The molecular weight excluding hydrogens is 288 g/mol. The third kappa shape index (κ3) is 2.41. The highest BCUT2D eigenvalue weighted by atomic mass is 35.5. The summed E-state index contributed by atoms with van der Waals surface area (Å²) in [5.41, 5.74) is 0.760. The van der Waals surface area contributed by atoms with Crippen molar-refractivity contribution >= 4 is 50.2 Å². The molecule has 7 heteroatoms. The van der Waals surface area contributed by atoms with Crippen LogP contribution in [0.4, 0.5) is 5.13 Å². The molecule has 1 heterocycles. The predicted molar refractivity (Wildman–Crippen MR) is 72.5 cm³/mol. The van der Waals surface area contributed by atoms with E-state index in [0.717, 1.165) is 10.2 Å². The molecule has 1 aliphatic rings. The van der Waals surface area contributed by atoms with Crippen molar-refractivity contribution in [1.29, 1.82) is 0 Å². The number of nitrogens with one attached hydrogen (secondary N) is 1. The molecule has 0 radical (unpaired) electrons. The van der Waals surface area contributed by atoms with Gasteiger partial charge in [0.1, 0.15) is 0 Å². The summed E-state index contributed by atoms with van der Waals surface area (Å²) in [4.78, 5) is 26.8. The second kappa shape index (κ2) is 4.47. The molecule has 1 amide bonds. The zero-order valence-corrected chi connectivity index (χ0v) is 11.2. The maximum Gasteiger partial charge on any atom is 0.307 e. The SMILES string of the molecule is O=C(O)C1CC1C(=O)Nc1nc2ccc(Cl)cc2s1. The van der Waals surface area contributed by atoms with Gasteiger partial charge in [-0.1, -0.05) is 22.9 Å². The summed E-state index contributed by atoms with van der Waals surface area (Å²) in [7, 11) is 0. The minimum absolute atomic E-state index is 0.280. The van der Waals surface area contributed by atoms with Gasteiger partial charge in [0, 0.05) is 5.02 Å². The Bertz CT molecular complexity index is 685. The highest BCUT2D eigenvalue weighted by Crippen LogP contribution is 2.40. The number of hydrogen-bond donors (Lipinski definition) is 2. The van der Waals surface area contributed by atoms with Crippen molar-refractivity contribution in [2.45, 2.75) is 6.42 Å². The molecule has 1 aliphatic carbocycles. The lowest BCUT2D eigenvalue weighted by molar-refractivity contribution is -0.139. The second-order valence-corrected chi connectivity index (χ2v) is 5.87. The van der Waals surface area contributed by atoms with Crippen LogP contribution in [0, 0.1) is 11.8 Å². The number of rotatable bonds is 3. The number of benzene rings is 1. The largest absolute Gasteiger partial charge is 0.481 e. The van der Waals surface area contributed by atoms with Gasteiger partial charge in [0.05, 0.1) is 22.1 Å². The van der Waals surface area contributed by atoms with Crippen LogP contribution in [-0.2, 0) is 9.59 Å². The summed E-state index contributed by atoms with van der Waals surface area (Å²) in [6.07, 6.45) is 0.401. The van der Waals surface area contributed by atoms with Crippen LogP contribution in [0.2, 0.25) is 5.02 Å². The van der Waals surface area contributed by atoms with Gasteiger partial charge in [-0.2, -0.15) is 0 Å². The maximum absolute atomic E-state index is 11.8. The number of aliphatic carboxylic acids is 1. The molecule has 98 valence electrons. The van der Waals surface area contributed by atoms with Crippen molar-refractivity contribution in [3.05, 3.63) is 23.2 Å². The predicted octanol–water partition coefficient (Wildman–Crippen LogP) is 2.61. The molecule has 2 N–H and O–H groups in total. The molecule has 0 spiro atoms. The van der Waals surface area contributed by atoms with Gasteiger partial charge in [-0.3, -0.25) is 9.59 Å². The number of anilines is 1. The molecule has 0 saturated heterocycles. The fourth-order valence-corrected chi connectivity index (χ4v) is 3.05. The standard InChI is InChI=1S/C12H9ClN2O3S/c13-5-1-2-8-9(3-5)19-12(14-8)15-10(16)6-4-7(6)11(17)18/h1-3,6-7H,4H2,(H,17,18)(H,14,15,16). The molecule has 1 saturated carbocycles. The van der Waals surface area contributed by atoms with E-state index in [9.17, 15) is 9.59 Å². The second-order valence-electron chi connectivity index (χ2n) is 4.41. The van der Waals surface area contributed by atoms with Crippen molar-refractivity contribution in [2.75, 3.05) is 5.32 Å². The Morgan fingerprint density at radius 2 is 2.21 bits per heavy atom. The number of carboxylic acid groups (broad SMARTS) is 1. The smallest absolute Gasteiger partial charge is 0.307 e. The van der Waals surface area contributed by atoms with Crippen molar-refractivity contribution < 1.29 is 14.7 Å². The Hall–Kier alpha value is -1.66. The van der Waals surface area contributed by atoms with Crippen LogP contribution >= 0.6 is 22.9 Å². The fraction of sp³-hybridized carbons (Fsp3) is 0.250. The van der Waals surface area contributed by atoms with E-state index < -0.39 is 17.8 Å². The molecule has 5 nitrogen and oxygen atoms in total. The minimum Gasteiger partial charge on any atom is -0.481 e. The number of carboxylic acids is 1. The van der Waals surface area contributed by atoms with E-state index >= 15 is 0 Å². The summed E-state index contributed by atoms with van der Waals surface area (Å²) < 4.78 is 0.883. The number of aromatic nitrogens is 1. The van der Waals surface area contributed by atoms with E-state index in [1.165, 1.54) is 11.3 Å². The van der Waals surface area contributed by atoms with E-state index in [4.69, 9.17) is 16.7 Å². The monoisotopic (exact) mass is 296 g/mol. The van der Waals surface area contributed by atoms with Gasteiger partial charge in [0.15, 0.2) is 5.13 Å². The van der Waals surface area contributed by atoms with E-state index in [0.29, 0.717) is 16.6 Å². The summed E-state index contributed by atoms with van der Waals surface area (Å²) in [5, 5.41) is 12.5. The third-order valence-corrected chi connectivity index (χ3v) is 4.19. The maximum atomic E-state index is 11.8. The zero-order chi connectivity index (χ0) is 13.6. The van der Waals surface area contributed by atoms with Gasteiger partial charge < -0.3 is 10.4 Å². The molecule has 1 fully saturated rings. The zero-order valence-electron chi connectivity index (χ0n) is 9.59. The highest BCUT2D eigenvalue weighted by Gasteiger charge is 2.48. The van der Waals surface area contributed by atoms with Crippen molar-refractivity contribution in [2.24, 2.45) is 11.8 Å². The van der Waals surface area contributed by atoms with Gasteiger partial charge in [-0.25, -0.2) is 4.98 Å². The summed E-state index contributed by atoms with van der Waals surface area (Å²) in [6.45, 7) is 0. The molecule has 0 aliphatic heterocycles. The van der Waals surface area contributed by atoms with Crippen molar-refractivity contribution in [3.63, 3.8) is 0 Å². The van der Waals surface area contributed by atoms with E-state index in [1.807, 2.05) is 0 Å².